The van der Waals surface area contributed by atoms with E-state index in [1.165, 1.54) is 11.1 Å². The molecule has 0 saturated carbocycles. The van der Waals surface area contributed by atoms with Crippen LogP contribution in [-0.2, 0) is 0 Å². The van der Waals surface area contributed by atoms with Gasteiger partial charge in [0, 0.05) is 5.56 Å². The number of benzene rings is 1. The molecule has 1 N–H and O–H groups in total. The van der Waals surface area contributed by atoms with Gasteiger partial charge in [-0.1, -0.05) is 24.3 Å². The van der Waals surface area contributed by atoms with E-state index in [-0.39, 0.29) is 6.04 Å². The number of hydrogen-bond donors (Lipinski definition) is 1. The maximum absolute atomic E-state index is 9.82. The Morgan fingerprint density at radius 2 is 2.20 bits per heavy atom. The third-order valence-corrected chi connectivity index (χ3v) is 2.98. The van der Waals surface area contributed by atoms with Gasteiger partial charge < -0.3 is 9.67 Å². The first-order chi connectivity index (χ1) is 7.29. The average molecular weight is 200 g/mol. The van der Waals surface area contributed by atoms with E-state index in [4.69, 9.17) is 0 Å². The molecule has 0 aliphatic carbocycles. The highest BCUT2D eigenvalue weighted by atomic mass is 16.3. The molecule has 0 amide bonds. The van der Waals surface area contributed by atoms with Crippen molar-refractivity contribution in [1.29, 1.82) is 0 Å². The van der Waals surface area contributed by atoms with Crippen molar-refractivity contribution in [3.8, 4) is 11.3 Å². The number of imidazole rings is 1. The van der Waals surface area contributed by atoms with Gasteiger partial charge in [-0.25, -0.2) is 4.98 Å². The Labute approximate surface area is 88.0 Å². The Hall–Kier alpha value is -1.61. The summed E-state index contributed by atoms with van der Waals surface area (Å²) in [6, 6.07) is 8.18. The zero-order chi connectivity index (χ0) is 10.4. The number of nitrogens with zero attached hydrogens (tertiary/aromatic N) is 2. The fourth-order valence-corrected chi connectivity index (χ4v) is 2.37. The summed E-state index contributed by atoms with van der Waals surface area (Å²) in [6.45, 7) is 1.82. The molecule has 3 rings (SSSR count). The van der Waals surface area contributed by atoms with E-state index in [9.17, 15) is 5.11 Å². The Morgan fingerprint density at radius 1 is 1.40 bits per heavy atom. The summed E-state index contributed by atoms with van der Waals surface area (Å²) in [7, 11) is 0. The van der Waals surface area contributed by atoms with Gasteiger partial charge in [-0.3, -0.25) is 0 Å². The standard InChI is InChI=1S/C12H12N2O/c1-8(15)12-10-5-3-2-4-9(10)11-6-13-7-14(11)12/h2-8,12,15H,1H3. The molecule has 1 aromatic carbocycles. The minimum absolute atomic E-state index is 0.0127. The van der Waals surface area contributed by atoms with Crippen LogP contribution in [-0.4, -0.2) is 20.8 Å². The van der Waals surface area contributed by atoms with Crippen LogP contribution in [0.25, 0.3) is 11.3 Å². The number of aliphatic hydroxyl groups is 1. The van der Waals surface area contributed by atoms with Gasteiger partial charge in [-0.2, -0.15) is 0 Å². The molecule has 0 bridgehead atoms. The predicted octanol–water partition coefficient (Wildman–Crippen LogP) is 1.83. The number of aliphatic hydroxyl groups excluding tert-OH is 1. The average Bonchev–Trinajstić information content (AvgIpc) is 2.75. The highest BCUT2D eigenvalue weighted by molar-refractivity contribution is 5.69. The minimum Gasteiger partial charge on any atom is -0.391 e. The maximum Gasteiger partial charge on any atom is 0.0957 e. The van der Waals surface area contributed by atoms with Crippen LogP contribution in [0, 0.1) is 0 Å². The van der Waals surface area contributed by atoms with E-state index < -0.39 is 6.10 Å². The molecule has 0 spiro atoms. The van der Waals surface area contributed by atoms with Crippen molar-refractivity contribution in [3.05, 3.63) is 42.4 Å². The van der Waals surface area contributed by atoms with Crippen molar-refractivity contribution in [1.82, 2.24) is 9.55 Å². The largest absolute Gasteiger partial charge is 0.391 e. The quantitative estimate of drug-likeness (QED) is 0.762. The molecule has 1 aromatic heterocycles. The molecule has 3 heteroatoms. The summed E-state index contributed by atoms with van der Waals surface area (Å²) < 4.78 is 2.04. The Balaban J connectivity index is 2.28. The maximum atomic E-state index is 9.82. The van der Waals surface area contributed by atoms with E-state index in [1.54, 1.807) is 6.33 Å². The van der Waals surface area contributed by atoms with E-state index in [1.807, 2.05) is 29.8 Å². The van der Waals surface area contributed by atoms with Crippen LogP contribution in [0.15, 0.2) is 36.8 Å². The predicted molar refractivity (Wildman–Crippen MR) is 57.5 cm³/mol. The van der Waals surface area contributed by atoms with Gasteiger partial charge in [0.05, 0.1) is 30.4 Å². The van der Waals surface area contributed by atoms with Gasteiger partial charge in [0.15, 0.2) is 0 Å². The number of fused-ring (bicyclic) bond motifs is 3. The van der Waals surface area contributed by atoms with Crippen molar-refractivity contribution < 1.29 is 5.11 Å². The van der Waals surface area contributed by atoms with Crippen LogP contribution < -0.4 is 0 Å². The first-order valence-corrected chi connectivity index (χ1v) is 5.08. The summed E-state index contributed by atoms with van der Waals surface area (Å²) >= 11 is 0. The lowest BCUT2D eigenvalue weighted by atomic mass is 10.0. The molecule has 2 heterocycles. The third-order valence-electron chi connectivity index (χ3n) is 2.98. The van der Waals surface area contributed by atoms with E-state index >= 15 is 0 Å². The fraction of sp³-hybridized carbons (Fsp3) is 0.250. The van der Waals surface area contributed by atoms with Crippen LogP contribution in [0.1, 0.15) is 18.5 Å². The normalized spacial score (nSPS) is 19.7. The van der Waals surface area contributed by atoms with Gasteiger partial charge in [-0.05, 0) is 12.5 Å². The Bertz CT molecular complexity index is 502. The lowest BCUT2D eigenvalue weighted by Gasteiger charge is -2.17. The summed E-state index contributed by atoms with van der Waals surface area (Å²) in [5, 5.41) is 9.82. The molecule has 2 unspecified atom stereocenters. The molecule has 1 aliphatic heterocycles. The smallest absolute Gasteiger partial charge is 0.0957 e. The van der Waals surface area contributed by atoms with Crippen molar-refractivity contribution >= 4 is 0 Å². The van der Waals surface area contributed by atoms with Gasteiger partial charge in [0.25, 0.3) is 0 Å². The Morgan fingerprint density at radius 3 is 3.00 bits per heavy atom. The summed E-state index contributed by atoms with van der Waals surface area (Å²) in [4.78, 5) is 4.13. The Kier molecular flexibility index (Phi) is 1.70. The van der Waals surface area contributed by atoms with Crippen LogP contribution in [0.5, 0.6) is 0 Å². The zero-order valence-electron chi connectivity index (χ0n) is 8.46. The van der Waals surface area contributed by atoms with Gasteiger partial charge in [0.1, 0.15) is 0 Å². The summed E-state index contributed by atoms with van der Waals surface area (Å²) in [5.41, 5.74) is 3.46. The molecular formula is C12H12N2O. The van der Waals surface area contributed by atoms with Crippen molar-refractivity contribution in [2.45, 2.75) is 19.1 Å². The molecule has 0 fully saturated rings. The lowest BCUT2D eigenvalue weighted by molar-refractivity contribution is 0.152. The second-order valence-electron chi connectivity index (χ2n) is 3.96. The molecule has 0 saturated heterocycles. The third kappa shape index (κ3) is 1.07. The molecule has 76 valence electrons. The van der Waals surface area contributed by atoms with Crippen molar-refractivity contribution in [2.75, 3.05) is 0 Å². The molecule has 3 nitrogen and oxygen atoms in total. The van der Waals surface area contributed by atoms with Gasteiger partial charge in [0.2, 0.25) is 0 Å². The molecule has 1 aliphatic rings. The monoisotopic (exact) mass is 200 g/mol. The number of hydrogen-bond acceptors (Lipinski definition) is 2. The van der Waals surface area contributed by atoms with Crippen LogP contribution in [0.4, 0.5) is 0 Å². The lowest BCUT2D eigenvalue weighted by Crippen LogP contribution is -2.18. The summed E-state index contributed by atoms with van der Waals surface area (Å²) in [5.74, 6) is 0. The van der Waals surface area contributed by atoms with Crippen LogP contribution in [0.2, 0.25) is 0 Å². The van der Waals surface area contributed by atoms with Crippen LogP contribution >= 0.6 is 0 Å². The molecule has 2 atom stereocenters. The highest BCUT2D eigenvalue weighted by Gasteiger charge is 2.30. The van der Waals surface area contributed by atoms with E-state index in [0.717, 1.165) is 5.69 Å². The SMILES string of the molecule is CC(O)C1c2ccccc2-c2cncn21. The van der Waals surface area contributed by atoms with E-state index in [0.29, 0.717) is 0 Å². The fourth-order valence-electron chi connectivity index (χ4n) is 2.37. The minimum atomic E-state index is -0.401. The second kappa shape index (κ2) is 2.94. The first kappa shape index (κ1) is 8.68. The highest BCUT2D eigenvalue weighted by Crippen LogP contribution is 2.40. The van der Waals surface area contributed by atoms with E-state index in [2.05, 4.69) is 17.1 Å². The number of rotatable bonds is 1. The second-order valence-corrected chi connectivity index (χ2v) is 3.96. The topological polar surface area (TPSA) is 38.1 Å². The van der Waals surface area contributed by atoms with Gasteiger partial charge >= 0.3 is 0 Å². The van der Waals surface area contributed by atoms with Crippen molar-refractivity contribution in [3.63, 3.8) is 0 Å². The van der Waals surface area contributed by atoms with Crippen LogP contribution in [0.3, 0.4) is 0 Å². The van der Waals surface area contributed by atoms with Gasteiger partial charge in [-0.15, -0.1) is 0 Å². The number of aromatic nitrogens is 2. The zero-order valence-corrected chi connectivity index (χ0v) is 8.46. The first-order valence-electron chi connectivity index (χ1n) is 5.08. The molecule has 2 aromatic rings. The van der Waals surface area contributed by atoms with Crippen molar-refractivity contribution in [2.24, 2.45) is 0 Å². The molecule has 0 radical (unpaired) electrons. The molecule has 15 heavy (non-hydrogen) atoms. The molecular weight excluding hydrogens is 188 g/mol. The summed E-state index contributed by atoms with van der Waals surface area (Å²) in [6.07, 6.45) is 3.23.